The van der Waals surface area contributed by atoms with E-state index in [9.17, 15) is 9.59 Å². The molecule has 1 aromatic heterocycles. The Morgan fingerprint density at radius 2 is 1.87 bits per heavy atom. The highest BCUT2D eigenvalue weighted by Gasteiger charge is 2.18. The zero-order chi connectivity index (χ0) is 27.4. The lowest BCUT2D eigenvalue weighted by Crippen LogP contribution is -2.42. The van der Waals surface area contributed by atoms with Crippen molar-refractivity contribution in [1.82, 2.24) is 14.5 Å². The number of imidazole rings is 1. The number of aryl methyl sites for hydroxylation is 1. The van der Waals surface area contributed by atoms with Crippen molar-refractivity contribution in [3.63, 3.8) is 0 Å². The maximum absolute atomic E-state index is 13.3. The molecule has 4 aromatic rings. The summed E-state index contributed by atoms with van der Waals surface area (Å²) >= 11 is 0. The third-order valence-corrected chi connectivity index (χ3v) is 6.66. The van der Waals surface area contributed by atoms with Crippen molar-refractivity contribution in [2.45, 2.75) is 32.4 Å². The van der Waals surface area contributed by atoms with E-state index >= 15 is 0 Å². The molecule has 0 bridgehead atoms. The van der Waals surface area contributed by atoms with E-state index in [-0.39, 0.29) is 11.9 Å². The van der Waals surface area contributed by atoms with E-state index in [1.807, 2.05) is 29.8 Å². The van der Waals surface area contributed by atoms with Crippen LogP contribution < -0.4 is 21.5 Å². The summed E-state index contributed by atoms with van der Waals surface area (Å²) in [5, 5.41) is 3.05. The molecule has 5 N–H and O–H groups in total. The molecule has 1 aliphatic rings. The van der Waals surface area contributed by atoms with Crippen LogP contribution in [0.2, 0.25) is 0 Å². The minimum Gasteiger partial charge on any atom is -0.457 e. The van der Waals surface area contributed by atoms with E-state index < -0.39 is 5.91 Å². The first kappa shape index (κ1) is 26.1. The Balaban J connectivity index is 1.35. The molecule has 2 heterocycles. The van der Waals surface area contributed by atoms with E-state index in [2.05, 4.69) is 21.3 Å². The van der Waals surface area contributed by atoms with E-state index in [0.29, 0.717) is 28.3 Å². The minimum atomic E-state index is -0.505. The second-order valence-corrected chi connectivity index (χ2v) is 9.92. The summed E-state index contributed by atoms with van der Waals surface area (Å²) in [6, 6.07) is 19.7. The second kappa shape index (κ2) is 11.5. The van der Waals surface area contributed by atoms with Crippen LogP contribution in [0.15, 0.2) is 79.3 Å². The minimum absolute atomic E-state index is 0.188. The van der Waals surface area contributed by atoms with E-state index in [0.717, 1.165) is 49.4 Å². The lowest BCUT2D eigenvalue weighted by molar-refractivity contribution is 0.0997. The molecule has 3 aromatic carbocycles. The molecule has 1 aliphatic heterocycles. The van der Waals surface area contributed by atoms with Gasteiger partial charge in [0.05, 0.1) is 12.0 Å². The first-order valence-corrected chi connectivity index (χ1v) is 12.9. The van der Waals surface area contributed by atoms with Crippen molar-refractivity contribution in [2.24, 2.45) is 11.5 Å². The molecule has 39 heavy (non-hydrogen) atoms. The first-order valence-electron chi connectivity index (χ1n) is 12.9. The third-order valence-electron chi connectivity index (χ3n) is 6.66. The maximum atomic E-state index is 13.3. The molecular formula is C30H32N6O3. The molecule has 0 aliphatic carbocycles. The molecule has 1 fully saturated rings. The van der Waals surface area contributed by atoms with Crippen LogP contribution in [0, 0.1) is 6.92 Å². The summed E-state index contributed by atoms with van der Waals surface area (Å²) in [4.78, 5) is 31.3. The Hall–Kier alpha value is -4.47. The van der Waals surface area contributed by atoms with Gasteiger partial charge in [0.15, 0.2) is 0 Å². The average molecular weight is 525 g/mol. The fourth-order valence-electron chi connectivity index (χ4n) is 4.77. The van der Waals surface area contributed by atoms with Gasteiger partial charge in [-0.25, -0.2) is 4.98 Å². The highest BCUT2D eigenvalue weighted by Crippen LogP contribution is 2.25. The fourth-order valence-corrected chi connectivity index (χ4v) is 4.77. The number of carbonyl (C=O) groups is 2. The smallest absolute Gasteiger partial charge is 0.255 e. The molecule has 200 valence electrons. The van der Waals surface area contributed by atoms with Gasteiger partial charge in [-0.05, 0) is 92.5 Å². The quantitative estimate of drug-likeness (QED) is 0.316. The zero-order valence-corrected chi connectivity index (χ0v) is 21.8. The van der Waals surface area contributed by atoms with Crippen LogP contribution in [0.5, 0.6) is 11.5 Å². The number of anilines is 1. The summed E-state index contributed by atoms with van der Waals surface area (Å²) in [5.41, 5.74) is 16.0. The van der Waals surface area contributed by atoms with Crippen LogP contribution in [-0.4, -0.2) is 45.4 Å². The number of benzene rings is 3. The van der Waals surface area contributed by atoms with Gasteiger partial charge in [0.25, 0.3) is 5.91 Å². The van der Waals surface area contributed by atoms with Gasteiger partial charge in [-0.15, -0.1) is 0 Å². The number of primary amides is 1. The number of hydrogen-bond acceptors (Lipinski definition) is 6. The number of piperidine rings is 1. The van der Waals surface area contributed by atoms with Crippen LogP contribution in [0.4, 0.5) is 5.69 Å². The van der Waals surface area contributed by atoms with Crippen LogP contribution >= 0.6 is 0 Å². The molecule has 0 spiro atoms. The van der Waals surface area contributed by atoms with Gasteiger partial charge in [-0.1, -0.05) is 6.07 Å². The van der Waals surface area contributed by atoms with Crippen molar-refractivity contribution in [3.8, 4) is 17.2 Å². The van der Waals surface area contributed by atoms with Crippen LogP contribution in [0.3, 0.4) is 0 Å². The second-order valence-electron chi connectivity index (χ2n) is 9.92. The molecule has 0 unspecified atom stereocenters. The summed E-state index contributed by atoms with van der Waals surface area (Å²) in [5.74, 6) is 0.270. The molecule has 9 heteroatoms. The van der Waals surface area contributed by atoms with Gasteiger partial charge in [0.2, 0.25) is 5.91 Å². The number of nitrogens with zero attached hydrogens (tertiary/aromatic N) is 3. The van der Waals surface area contributed by atoms with Crippen molar-refractivity contribution >= 4 is 17.5 Å². The number of amides is 2. The highest BCUT2D eigenvalue weighted by atomic mass is 16.5. The van der Waals surface area contributed by atoms with Gasteiger partial charge in [-0.3, -0.25) is 14.5 Å². The number of aromatic nitrogens is 2. The molecular weight excluding hydrogens is 492 g/mol. The molecule has 1 saturated heterocycles. The normalized spacial score (nSPS) is 15.6. The van der Waals surface area contributed by atoms with Crippen molar-refractivity contribution in [1.29, 1.82) is 0 Å². The summed E-state index contributed by atoms with van der Waals surface area (Å²) in [6.07, 6.45) is 5.86. The van der Waals surface area contributed by atoms with Crippen LogP contribution in [0.25, 0.3) is 5.69 Å². The van der Waals surface area contributed by atoms with Crippen molar-refractivity contribution < 1.29 is 14.3 Å². The van der Waals surface area contributed by atoms with Crippen LogP contribution in [-0.2, 0) is 6.54 Å². The van der Waals surface area contributed by atoms with Crippen molar-refractivity contribution in [2.75, 3.05) is 18.4 Å². The summed E-state index contributed by atoms with van der Waals surface area (Å²) in [7, 11) is 0. The Morgan fingerprint density at radius 1 is 1.05 bits per heavy atom. The molecule has 5 rings (SSSR count). The van der Waals surface area contributed by atoms with Crippen molar-refractivity contribution in [3.05, 3.63) is 102 Å². The van der Waals surface area contributed by atoms with E-state index in [1.54, 1.807) is 54.9 Å². The molecule has 0 saturated carbocycles. The van der Waals surface area contributed by atoms with Gasteiger partial charge in [-0.2, -0.15) is 0 Å². The molecule has 1 atom stereocenters. The Labute approximate surface area is 227 Å². The summed E-state index contributed by atoms with van der Waals surface area (Å²) < 4.78 is 7.84. The first-order chi connectivity index (χ1) is 18.8. The topological polar surface area (TPSA) is 128 Å². The lowest BCUT2D eigenvalue weighted by atomic mass is 10.1. The number of likely N-dealkylation sites (tertiary alicyclic amines) is 1. The number of rotatable bonds is 8. The number of nitrogens with two attached hydrogens (primary N) is 2. The van der Waals surface area contributed by atoms with E-state index in [4.69, 9.17) is 16.2 Å². The SMILES string of the molecule is Cc1cn(-c2cc(CN3CCC[C@H](N)C3)cc(NC(=O)c3cccc(Oc4ccc(C(N)=O)cc4)c3)c2)cn1. The molecule has 2 amide bonds. The zero-order valence-electron chi connectivity index (χ0n) is 21.8. The standard InChI is InChI=1S/C30H32N6O3/c1-20-16-36(19-33-20)26-13-21(17-35-11-3-5-24(31)18-35)12-25(15-26)34-30(38)23-4-2-6-28(14-23)39-27-9-7-22(8-10-27)29(32)37/h2,4,6-10,12-16,19,24H,3,5,11,17-18,31H2,1H3,(H2,32,37)(H,34,38)/t24-/m0/s1. The van der Waals surface area contributed by atoms with Gasteiger partial charge < -0.3 is 26.1 Å². The predicted octanol–water partition coefficient (Wildman–Crippen LogP) is 4.25. The van der Waals surface area contributed by atoms with E-state index in [1.165, 1.54) is 0 Å². The number of carbonyl (C=O) groups excluding carboxylic acids is 2. The number of hydrogen-bond donors (Lipinski definition) is 3. The highest BCUT2D eigenvalue weighted by molar-refractivity contribution is 6.04. The number of nitrogens with one attached hydrogen (secondary N) is 1. The Morgan fingerprint density at radius 3 is 2.59 bits per heavy atom. The summed E-state index contributed by atoms with van der Waals surface area (Å²) in [6.45, 7) is 4.55. The molecule has 0 radical (unpaired) electrons. The van der Waals surface area contributed by atoms with Gasteiger partial charge >= 0.3 is 0 Å². The Kier molecular flexibility index (Phi) is 7.72. The lowest BCUT2D eigenvalue weighted by Gasteiger charge is -2.30. The average Bonchev–Trinajstić information content (AvgIpc) is 3.35. The van der Waals surface area contributed by atoms with Crippen LogP contribution in [0.1, 0.15) is 44.8 Å². The van der Waals surface area contributed by atoms with Gasteiger partial charge in [0, 0.05) is 47.8 Å². The molecule has 9 nitrogen and oxygen atoms in total. The fraction of sp³-hybridized carbons (Fsp3) is 0.233. The maximum Gasteiger partial charge on any atom is 0.255 e. The number of ether oxygens (including phenoxy) is 1. The Bertz CT molecular complexity index is 1480. The largest absolute Gasteiger partial charge is 0.457 e. The monoisotopic (exact) mass is 524 g/mol. The predicted molar refractivity (Wildman–Crippen MR) is 150 cm³/mol. The van der Waals surface area contributed by atoms with Gasteiger partial charge in [0.1, 0.15) is 11.5 Å². The third kappa shape index (κ3) is 6.70.